The third kappa shape index (κ3) is 7.65. The molecule has 0 aliphatic rings. The number of amides is 1. The number of alkyl halides is 3. The van der Waals surface area contributed by atoms with Gasteiger partial charge >= 0.3 is 4.83 Å². The molecule has 0 aliphatic heterocycles. The molecule has 0 rings (SSSR count). The lowest BCUT2D eigenvalue weighted by molar-refractivity contribution is -0.117. The Morgan fingerprint density at radius 1 is 1.58 bits per heavy atom. The molecule has 0 fully saturated rings. The van der Waals surface area contributed by atoms with Gasteiger partial charge in [-0.1, -0.05) is 5.57 Å². The number of halogens is 3. The van der Waals surface area contributed by atoms with Gasteiger partial charge in [-0.05, 0) is 29.8 Å². The van der Waals surface area contributed by atoms with Gasteiger partial charge in [0.15, 0.2) is 0 Å². The van der Waals surface area contributed by atoms with Crippen molar-refractivity contribution in [3.63, 3.8) is 0 Å². The molecule has 5 heteroatoms. The minimum atomic E-state index is -3.03. The fourth-order valence-corrected chi connectivity index (χ4v) is 0.641. The Balaban J connectivity index is 3.81. The summed E-state index contributed by atoms with van der Waals surface area (Å²) in [5.74, 6) is -0.505. The Hall–Kier alpha value is -0.450. The van der Waals surface area contributed by atoms with E-state index >= 15 is 0 Å². The smallest absolute Gasteiger partial charge is 0.318 e. The molecule has 1 N–H and O–H groups in total. The molecule has 0 aliphatic carbocycles. The molecular formula is C7H10BrF2NO. The SMILES string of the molecule is CC(C)=CC(=O)NCC(F)(F)Br. The maximum absolute atomic E-state index is 12.1. The summed E-state index contributed by atoms with van der Waals surface area (Å²) in [6.45, 7) is 2.73. The number of rotatable bonds is 3. The minimum absolute atomic E-state index is 0.505. The van der Waals surface area contributed by atoms with Crippen LogP contribution in [0.2, 0.25) is 0 Å². The first-order valence-electron chi connectivity index (χ1n) is 3.31. The fraction of sp³-hybridized carbons (Fsp3) is 0.571. The van der Waals surface area contributed by atoms with E-state index < -0.39 is 17.3 Å². The predicted octanol–water partition coefficient (Wildman–Crippen LogP) is 2.06. The molecule has 0 aromatic carbocycles. The van der Waals surface area contributed by atoms with Gasteiger partial charge in [-0.2, -0.15) is 8.78 Å². The van der Waals surface area contributed by atoms with E-state index in [1.165, 1.54) is 6.08 Å². The Morgan fingerprint density at radius 3 is 2.42 bits per heavy atom. The highest BCUT2D eigenvalue weighted by molar-refractivity contribution is 9.10. The van der Waals surface area contributed by atoms with Crippen molar-refractivity contribution in [2.45, 2.75) is 18.7 Å². The molecule has 0 heterocycles. The van der Waals surface area contributed by atoms with Crippen LogP contribution in [0.4, 0.5) is 8.78 Å². The number of carbonyl (C=O) groups excluding carboxylic acids is 1. The zero-order valence-corrected chi connectivity index (χ0v) is 8.41. The van der Waals surface area contributed by atoms with Gasteiger partial charge in [-0.15, -0.1) is 0 Å². The monoisotopic (exact) mass is 241 g/mol. The molecule has 70 valence electrons. The van der Waals surface area contributed by atoms with Gasteiger partial charge in [-0.3, -0.25) is 4.79 Å². The van der Waals surface area contributed by atoms with Crippen molar-refractivity contribution in [3.8, 4) is 0 Å². The highest BCUT2D eigenvalue weighted by atomic mass is 79.9. The third-order valence-electron chi connectivity index (χ3n) is 0.883. The van der Waals surface area contributed by atoms with Gasteiger partial charge < -0.3 is 5.32 Å². The molecule has 0 saturated heterocycles. The Kier molecular flexibility index (Phi) is 4.37. The summed E-state index contributed by atoms with van der Waals surface area (Å²) in [6.07, 6.45) is 1.26. The van der Waals surface area contributed by atoms with Crippen molar-refractivity contribution >= 4 is 21.8 Å². The second-order valence-electron chi connectivity index (χ2n) is 2.55. The highest BCUT2D eigenvalue weighted by Gasteiger charge is 2.23. The van der Waals surface area contributed by atoms with E-state index in [1.54, 1.807) is 13.8 Å². The number of carbonyl (C=O) groups is 1. The van der Waals surface area contributed by atoms with Crippen molar-refractivity contribution in [1.29, 1.82) is 0 Å². The summed E-state index contributed by atoms with van der Waals surface area (Å²) in [5.41, 5.74) is 0.769. The van der Waals surface area contributed by atoms with Crippen LogP contribution in [-0.2, 0) is 4.79 Å². The zero-order chi connectivity index (χ0) is 9.78. The van der Waals surface area contributed by atoms with Gasteiger partial charge in [0, 0.05) is 6.08 Å². The quantitative estimate of drug-likeness (QED) is 0.595. The van der Waals surface area contributed by atoms with Crippen molar-refractivity contribution in [2.75, 3.05) is 6.54 Å². The molecular weight excluding hydrogens is 232 g/mol. The van der Waals surface area contributed by atoms with E-state index in [2.05, 4.69) is 15.9 Å². The van der Waals surface area contributed by atoms with Gasteiger partial charge in [-0.25, -0.2) is 0 Å². The number of hydrogen-bond acceptors (Lipinski definition) is 1. The first-order valence-corrected chi connectivity index (χ1v) is 4.10. The lowest BCUT2D eigenvalue weighted by Crippen LogP contribution is -2.31. The number of hydrogen-bond donors (Lipinski definition) is 1. The lowest BCUT2D eigenvalue weighted by Gasteiger charge is -2.07. The van der Waals surface area contributed by atoms with Gasteiger partial charge in [0.05, 0.1) is 6.54 Å². The second-order valence-corrected chi connectivity index (χ2v) is 3.71. The Morgan fingerprint density at radius 2 is 2.08 bits per heavy atom. The van der Waals surface area contributed by atoms with E-state index in [0.717, 1.165) is 5.57 Å². The van der Waals surface area contributed by atoms with E-state index in [-0.39, 0.29) is 0 Å². The molecule has 2 nitrogen and oxygen atoms in total. The van der Waals surface area contributed by atoms with E-state index in [4.69, 9.17) is 0 Å². The van der Waals surface area contributed by atoms with E-state index in [9.17, 15) is 13.6 Å². The van der Waals surface area contributed by atoms with Crippen LogP contribution >= 0.6 is 15.9 Å². The zero-order valence-electron chi connectivity index (χ0n) is 6.83. The predicted molar refractivity (Wildman–Crippen MR) is 46.3 cm³/mol. The van der Waals surface area contributed by atoms with Gasteiger partial charge in [0.2, 0.25) is 5.91 Å². The number of nitrogens with one attached hydrogen (secondary N) is 1. The molecule has 0 unspecified atom stereocenters. The van der Waals surface area contributed by atoms with Crippen LogP contribution in [0.15, 0.2) is 11.6 Å². The molecule has 0 radical (unpaired) electrons. The Bertz CT molecular complexity index is 194. The first-order chi connectivity index (χ1) is 5.31. The van der Waals surface area contributed by atoms with Crippen molar-refractivity contribution in [3.05, 3.63) is 11.6 Å². The van der Waals surface area contributed by atoms with E-state index in [0.29, 0.717) is 0 Å². The molecule has 1 amide bonds. The van der Waals surface area contributed by atoms with Crippen molar-refractivity contribution in [2.24, 2.45) is 0 Å². The summed E-state index contributed by atoms with van der Waals surface area (Å²) in [7, 11) is 0. The highest BCUT2D eigenvalue weighted by Crippen LogP contribution is 2.19. The molecule has 0 bridgehead atoms. The standard InChI is InChI=1S/C7H10BrF2NO/c1-5(2)3-6(12)11-4-7(8,9)10/h3H,4H2,1-2H3,(H,11,12). The minimum Gasteiger partial charge on any atom is -0.346 e. The maximum atomic E-state index is 12.1. The van der Waals surface area contributed by atoms with Crippen molar-refractivity contribution in [1.82, 2.24) is 5.32 Å². The largest absolute Gasteiger partial charge is 0.346 e. The summed E-state index contributed by atoms with van der Waals surface area (Å²) in [5, 5.41) is 2.04. The summed E-state index contributed by atoms with van der Waals surface area (Å²) < 4.78 is 24.2. The summed E-state index contributed by atoms with van der Waals surface area (Å²) >= 11 is 2.10. The van der Waals surface area contributed by atoms with Crippen LogP contribution in [0.5, 0.6) is 0 Å². The second kappa shape index (κ2) is 4.54. The number of allylic oxidation sites excluding steroid dienone is 1. The van der Waals surface area contributed by atoms with Gasteiger partial charge in [0.1, 0.15) is 0 Å². The maximum Gasteiger partial charge on any atom is 0.318 e. The topological polar surface area (TPSA) is 29.1 Å². The molecule has 0 aromatic rings. The van der Waals surface area contributed by atoms with Gasteiger partial charge in [0.25, 0.3) is 0 Å². The fourth-order valence-electron chi connectivity index (χ4n) is 0.501. The molecule has 0 saturated carbocycles. The molecule has 12 heavy (non-hydrogen) atoms. The molecule has 0 spiro atoms. The van der Waals surface area contributed by atoms with Crippen LogP contribution < -0.4 is 5.32 Å². The average molecular weight is 242 g/mol. The Labute approximate surface area is 78.1 Å². The van der Waals surface area contributed by atoms with Crippen LogP contribution in [0.1, 0.15) is 13.8 Å². The molecule has 0 atom stereocenters. The average Bonchev–Trinajstić information content (AvgIpc) is 1.80. The van der Waals surface area contributed by atoms with E-state index in [1.807, 2.05) is 5.32 Å². The normalized spacial score (nSPS) is 10.8. The van der Waals surface area contributed by atoms with Crippen molar-refractivity contribution < 1.29 is 13.6 Å². The van der Waals surface area contributed by atoms with Crippen LogP contribution in [0, 0.1) is 0 Å². The first kappa shape index (κ1) is 11.6. The van der Waals surface area contributed by atoms with Crippen LogP contribution in [-0.4, -0.2) is 17.3 Å². The van der Waals surface area contributed by atoms with Crippen LogP contribution in [0.3, 0.4) is 0 Å². The lowest BCUT2D eigenvalue weighted by atomic mass is 10.3. The molecule has 0 aromatic heterocycles. The summed E-state index contributed by atoms with van der Waals surface area (Å²) in [6, 6.07) is 0. The van der Waals surface area contributed by atoms with Crippen LogP contribution in [0.25, 0.3) is 0 Å². The summed E-state index contributed by atoms with van der Waals surface area (Å²) in [4.78, 5) is 7.73. The third-order valence-corrected chi connectivity index (χ3v) is 1.16.